The van der Waals surface area contributed by atoms with Crippen LogP contribution in [0.2, 0.25) is 0 Å². The third-order valence-electron chi connectivity index (χ3n) is 6.94. The predicted octanol–water partition coefficient (Wildman–Crippen LogP) is 3.08. The van der Waals surface area contributed by atoms with Crippen LogP contribution in [-0.2, 0) is 35.7 Å². The lowest BCUT2D eigenvalue weighted by Gasteiger charge is -2.24. The number of amides is 3. The molecule has 0 fully saturated rings. The number of rotatable bonds is 15. The van der Waals surface area contributed by atoms with Crippen molar-refractivity contribution in [2.45, 2.75) is 18.4 Å². The quantitative estimate of drug-likeness (QED) is 0.0704. The summed E-state index contributed by atoms with van der Waals surface area (Å²) in [7, 11) is -0.0409. The van der Waals surface area contributed by atoms with E-state index in [2.05, 4.69) is 21.2 Å². The minimum atomic E-state index is -4.30. The smallest absolute Gasteiger partial charge is 0.338 e. The summed E-state index contributed by atoms with van der Waals surface area (Å²) in [5, 5.41) is 8.70. The van der Waals surface area contributed by atoms with E-state index in [1.165, 1.54) is 94.3 Å². The first-order valence-electron chi connectivity index (χ1n) is 15.1. The number of anilines is 2. The van der Waals surface area contributed by atoms with E-state index in [-0.39, 0.29) is 41.0 Å². The second-order valence-electron chi connectivity index (χ2n) is 10.3. The second kappa shape index (κ2) is 17.3. The van der Waals surface area contributed by atoms with E-state index in [1.807, 2.05) is 0 Å². The lowest BCUT2D eigenvalue weighted by atomic mass is 10.2. The molecule has 4 rings (SSSR count). The molecule has 0 aliphatic rings. The Morgan fingerprint density at radius 3 is 2.20 bits per heavy atom. The fraction of sp³-hybridized carbons (Fsp3) is 0.206. The number of hydrogen-bond donors (Lipinski definition) is 3. The number of ether oxygens (including phenoxy) is 4. The topological polar surface area (TPSA) is 204 Å². The number of carbonyl (C=O) groups is 4. The average molecular weight is 722 g/mol. The minimum absolute atomic E-state index is 0.140. The summed E-state index contributed by atoms with van der Waals surface area (Å²) in [5.74, 6) is -1.70. The Morgan fingerprint density at radius 2 is 1.55 bits per heavy atom. The van der Waals surface area contributed by atoms with Gasteiger partial charge >= 0.3 is 17.8 Å². The maximum atomic E-state index is 13.8. The first-order chi connectivity index (χ1) is 24.5. The van der Waals surface area contributed by atoms with Crippen molar-refractivity contribution in [2.75, 3.05) is 44.1 Å². The van der Waals surface area contributed by atoms with E-state index in [0.29, 0.717) is 22.7 Å². The van der Waals surface area contributed by atoms with Crippen LogP contribution in [0.5, 0.6) is 17.2 Å². The van der Waals surface area contributed by atoms with Crippen LogP contribution in [0.15, 0.2) is 93.3 Å². The molecule has 0 aliphatic carbocycles. The normalized spacial score (nSPS) is 11.0. The molecular weight excluding hydrogens is 686 g/mol. The van der Waals surface area contributed by atoms with Crippen molar-refractivity contribution in [3.63, 3.8) is 0 Å². The van der Waals surface area contributed by atoms with E-state index in [9.17, 15) is 27.6 Å². The number of carbonyl (C=O) groups excluding carboxylic acids is 4. The molecule has 1 heterocycles. The van der Waals surface area contributed by atoms with Crippen molar-refractivity contribution < 1.29 is 51.0 Å². The molecule has 17 heteroatoms. The highest BCUT2D eigenvalue weighted by Gasteiger charge is 2.28. The van der Waals surface area contributed by atoms with Gasteiger partial charge in [0.1, 0.15) is 23.8 Å². The van der Waals surface area contributed by atoms with Crippen LogP contribution >= 0.6 is 0 Å². The molecule has 51 heavy (non-hydrogen) atoms. The van der Waals surface area contributed by atoms with Crippen molar-refractivity contribution >= 4 is 51.3 Å². The molecule has 0 unspecified atom stereocenters. The van der Waals surface area contributed by atoms with Gasteiger partial charge in [0, 0.05) is 11.8 Å². The van der Waals surface area contributed by atoms with E-state index in [1.54, 1.807) is 19.1 Å². The summed E-state index contributed by atoms with van der Waals surface area (Å²) >= 11 is 0. The maximum absolute atomic E-state index is 13.8. The monoisotopic (exact) mass is 721 g/mol. The highest BCUT2D eigenvalue weighted by molar-refractivity contribution is 7.92. The van der Waals surface area contributed by atoms with Crippen molar-refractivity contribution in [2.24, 2.45) is 5.10 Å². The number of nitrogens with one attached hydrogen (secondary N) is 3. The molecule has 0 bridgehead atoms. The molecular formula is C34H35N5O11S. The van der Waals surface area contributed by atoms with Crippen LogP contribution in [0.1, 0.15) is 28.8 Å². The maximum Gasteiger partial charge on any atom is 0.338 e. The Hall–Kier alpha value is -6.36. The SMILES string of the molecule is CCOC(=O)c1ccc(NC(=O)C(=O)NCc2ccc(/C=N\NC(=O)CN(c3ccc(OC)cc3)S(=O)(=O)c3ccc(OC)c(OC)c3)o2)cc1. The third kappa shape index (κ3) is 9.85. The fourth-order valence-electron chi connectivity index (χ4n) is 4.40. The molecule has 0 spiro atoms. The van der Waals surface area contributed by atoms with Crippen molar-refractivity contribution in [3.8, 4) is 17.2 Å². The number of methoxy groups -OCH3 is 3. The van der Waals surface area contributed by atoms with Crippen LogP contribution < -0.4 is 34.6 Å². The number of sulfonamides is 1. The Morgan fingerprint density at radius 1 is 0.843 bits per heavy atom. The zero-order valence-electron chi connectivity index (χ0n) is 28.0. The van der Waals surface area contributed by atoms with Crippen LogP contribution in [0.3, 0.4) is 0 Å². The summed E-state index contributed by atoms with van der Waals surface area (Å²) in [5.41, 5.74) is 3.06. The molecule has 0 saturated carbocycles. The van der Waals surface area contributed by atoms with E-state index >= 15 is 0 Å². The first kappa shape index (κ1) is 37.5. The Balaban J connectivity index is 1.35. The van der Waals surface area contributed by atoms with Crippen LogP contribution in [0.4, 0.5) is 11.4 Å². The summed E-state index contributed by atoms with van der Waals surface area (Å²) in [4.78, 5) is 49.2. The Bertz CT molecular complexity index is 1990. The summed E-state index contributed by atoms with van der Waals surface area (Å²) in [6.07, 6.45) is 1.18. The lowest BCUT2D eigenvalue weighted by molar-refractivity contribution is -0.136. The van der Waals surface area contributed by atoms with Gasteiger partial charge in [-0.2, -0.15) is 5.10 Å². The third-order valence-corrected chi connectivity index (χ3v) is 8.71. The molecule has 0 radical (unpaired) electrons. The van der Waals surface area contributed by atoms with Gasteiger partial charge in [0.25, 0.3) is 15.9 Å². The van der Waals surface area contributed by atoms with Crippen LogP contribution in [0.25, 0.3) is 0 Å². The average Bonchev–Trinajstić information content (AvgIpc) is 3.60. The molecule has 3 N–H and O–H groups in total. The van der Waals surface area contributed by atoms with Gasteiger partial charge in [-0.1, -0.05) is 0 Å². The molecule has 16 nitrogen and oxygen atoms in total. The standard InChI is InChI=1S/C34H35N5O11S/c1-5-49-34(43)22-6-8-23(9-7-22)37-33(42)32(41)35-19-26-14-15-27(50-26)20-36-38-31(40)21-39(24-10-12-25(46-2)13-11-24)51(44,45)28-16-17-29(47-3)30(18-28)48-4/h6-18,20H,5,19,21H2,1-4H3,(H,35,41)(H,37,42)(H,38,40)/b36-20-. The number of nitrogens with zero attached hydrogens (tertiary/aromatic N) is 2. The second-order valence-corrected chi connectivity index (χ2v) is 12.1. The van der Waals surface area contributed by atoms with Gasteiger partial charge < -0.3 is 34.0 Å². The van der Waals surface area contributed by atoms with Crippen LogP contribution in [0, 0.1) is 0 Å². The number of furan rings is 1. The summed E-state index contributed by atoms with van der Waals surface area (Å²) < 4.78 is 54.6. The highest BCUT2D eigenvalue weighted by atomic mass is 32.2. The first-order valence-corrected chi connectivity index (χ1v) is 16.6. The number of hydrogen-bond acceptors (Lipinski definition) is 12. The molecule has 3 aromatic carbocycles. The van der Waals surface area contributed by atoms with Crippen molar-refractivity contribution in [1.82, 2.24) is 10.7 Å². The Labute approximate surface area is 293 Å². The number of esters is 1. The molecule has 0 aliphatic heterocycles. The molecule has 0 atom stereocenters. The molecule has 1 aromatic heterocycles. The summed E-state index contributed by atoms with van der Waals surface area (Å²) in [6, 6.07) is 19.0. The fourth-order valence-corrected chi connectivity index (χ4v) is 5.84. The number of hydrazone groups is 1. The van der Waals surface area contributed by atoms with Gasteiger partial charge in [-0.3, -0.25) is 18.7 Å². The van der Waals surface area contributed by atoms with E-state index in [0.717, 1.165) is 4.31 Å². The van der Waals surface area contributed by atoms with Crippen molar-refractivity contribution in [3.05, 3.63) is 95.9 Å². The van der Waals surface area contributed by atoms with Crippen molar-refractivity contribution in [1.29, 1.82) is 0 Å². The van der Waals surface area contributed by atoms with E-state index in [4.69, 9.17) is 23.4 Å². The van der Waals surface area contributed by atoms with E-state index < -0.39 is 40.3 Å². The highest BCUT2D eigenvalue weighted by Crippen LogP contribution is 2.32. The number of benzene rings is 3. The van der Waals surface area contributed by atoms with Crippen LogP contribution in [-0.4, -0.2) is 72.8 Å². The van der Waals surface area contributed by atoms with Gasteiger partial charge in [-0.15, -0.1) is 0 Å². The molecule has 3 amide bonds. The van der Waals surface area contributed by atoms with Gasteiger partial charge in [0.15, 0.2) is 11.5 Å². The van der Waals surface area contributed by atoms with Gasteiger partial charge in [0.2, 0.25) is 0 Å². The lowest BCUT2D eigenvalue weighted by Crippen LogP contribution is -2.39. The summed E-state index contributed by atoms with van der Waals surface area (Å²) in [6.45, 7) is 1.12. The minimum Gasteiger partial charge on any atom is -0.497 e. The Kier molecular flexibility index (Phi) is 12.7. The molecule has 268 valence electrons. The van der Waals surface area contributed by atoms with Gasteiger partial charge in [-0.05, 0) is 79.7 Å². The molecule has 0 saturated heterocycles. The predicted molar refractivity (Wildman–Crippen MR) is 184 cm³/mol. The molecule has 4 aromatic rings. The zero-order chi connectivity index (χ0) is 37.0. The largest absolute Gasteiger partial charge is 0.497 e. The zero-order valence-corrected chi connectivity index (χ0v) is 28.8. The van der Waals surface area contributed by atoms with Gasteiger partial charge in [0.05, 0.1) is 56.8 Å². The van der Waals surface area contributed by atoms with Gasteiger partial charge in [-0.25, -0.2) is 18.6 Å².